The molecule has 0 bridgehead atoms. The van der Waals surface area contributed by atoms with Crippen LogP contribution in [0.25, 0.3) is 21.5 Å². The largest absolute Gasteiger partial charge is 0.341 e. The average Bonchev–Trinajstić information content (AvgIpc) is 2.80. The van der Waals surface area contributed by atoms with Crippen molar-refractivity contribution in [3.63, 3.8) is 0 Å². The fraction of sp³-hybridized carbons (Fsp3) is 0.500. The van der Waals surface area contributed by atoms with Crippen LogP contribution in [-0.2, 0) is 6.42 Å². The van der Waals surface area contributed by atoms with Crippen molar-refractivity contribution in [2.45, 2.75) is 89.8 Å². The van der Waals surface area contributed by atoms with Gasteiger partial charge in [-0.05, 0) is 58.0 Å². The Balaban J connectivity index is 0.000000197. The first-order valence-corrected chi connectivity index (χ1v) is 17.8. The number of aryl methyl sites for hydroxylation is 1. The highest BCUT2D eigenvalue weighted by Gasteiger charge is 2.23. The zero-order valence-corrected chi connectivity index (χ0v) is 23.0. The molecule has 0 nitrogen and oxygen atoms in total. The molecule has 5 heteroatoms. The average molecular weight is 526 g/mol. The van der Waals surface area contributed by atoms with Gasteiger partial charge >= 0.3 is 6.00 Å². The van der Waals surface area contributed by atoms with E-state index in [0.29, 0.717) is 6.42 Å². The Morgan fingerprint density at radius 3 is 2.18 bits per heavy atom. The van der Waals surface area contributed by atoms with E-state index in [0.717, 1.165) is 30.9 Å². The molecule has 0 spiro atoms. The molecule has 1 atom stereocenters. The van der Waals surface area contributed by atoms with Crippen molar-refractivity contribution in [2.75, 3.05) is 0 Å². The highest BCUT2D eigenvalue weighted by molar-refractivity contribution is 7.64. The Morgan fingerprint density at radius 1 is 0.788 bits per heavy atom. The number of unbranched alkanes of at least 4 members (excludes halogenated alkanes) is 7. The van der Waals surface area contributed by atoms with Gasteiger partial charge in [0.1, 0.15) is 6.17 Å². The second-order valence-electron chi connectivity index (χ2n) is 9.21. The number of benzene rings is 3. The quantitative estimate of drug-likeness (QED) is 0.113. The molecule has 0 radical (unpaired) electrons. The van der Waals surface area contributed by atoms with Crippen LogP contribution >= 0.6 is 33.2 Å². The monoisotopic (exact) mass is 524 g/mol. The minimum atomic E-state index is -2.32. The van der Waals surface area contributed by atoms with Gasteiger partial charge in [0.05, 0.1) is 0 Å². The van der Waals surface area contributed by atoms with Crippen LogP contribution in [-0.4, -0.2) is 6.00 Å². The molecular weight excluding hydrogens is 490 g/mol. The zero-order chi connectivity index (χ0) is 23.7. The number of hydrogen-bond donors (Lipinski definition) is 0. The Bertz CT molecular complexity index is 1020. The molecule has 0 saturated heterocycles. The number of halogens is 4. The van der Waals surface area contributed by atoms with Crippen LogP contribution in [0.4, 0.5) is 4.39 Å². The van der Waals surface area contributed by atoms with Gasteiger partial charge in [0.25, 0.3) is 0 Å². The van der Waals surface area contributed by atoms with Crippen LogP contribution in [0.2, 0.25) is 6.04 Å². The highest BCUT2D eigenvalue weighted by atomic mass is 35.8. The first-order valence-electron chi connectivity index (χ1n) is 12.5. The van der Waals surface area contributed by atoms with Crippen molar-refractivity contribution < 1.29 is 4.39 Å². The topological polar surface area (TPSA) is 0 Å². The Kier molecular flexibility index (Phi) is 10.8. The van der Waals surface area contributed by atoms with E-state index in [1.807, 2.05) is 6.07 Å². The molecule has 180 valence electrons. The van der Waals surface area contributed by atoms with E-state index in [-0.39, 0.29) is 0 Å². The van der Waals surface area contributed by atoms with Crippen molar-refractivity contribution in [1.82, 2.24) is 0 Å². The molecule has 3 aromatic rings. The van der Waals surface area contributed by atoms with Gasteiger partial charge in [0, 0.05) is 0 Å². The predicted molar refractivity (Wildman–Crippen MR) is 149 cm³/mol. The highest BCUT2D eigenvalue weighted by Crippen LogP contribution is 2.38. The zero-order valence-electron chi connectivity index (χ0n) is 19.7. The first kappa shape index (κ1) is 26.8. The lowest BCUT2D eigenvalue weighted by molar-refractivity contribution is 0.303. The van der Waals surface area contributed by atoms with Crippen LogP contribution in [0.1, 0.15) is 88.4 Å². The predicted octanol–water partition coefficient (Wildman–Crippen LogP) is 11.1. The fourth-order valence-corrected chi connectivity index (χ4v) is 6.67. The maximum Gasteiger partial charge on any atom is 0.341 e. The molecule has 1 aliphatic carbocycles. The van der Waals surface area contributed by atoms with Crippen molar-refractivity contribution >= 4 is 60.8 Å². The number of hydrogen-bond acceptors (Lipinski definition) is 0. The summed E-state index contributed by atoms with van der Waals surface area (Å²) in [5, 5.41) is 5.01. The van der Waals surface area contributed by atoms with E-state index in [4.69, 9.17) is 33.2 Å². The Labute approximate surface area is 213 Å². The van der Waals surface area contributed by atoms with E-state index < -0.39 is 12.2 Å². The SMILES string of the molecule is CCCCCCCCCC[Si](Cl)(Cl)Cl.FC1CCCc2c1ccc1c2ccc2ccccc21. The third kappa shape index (κ3) is 8.13. The van der Waals surface area contributed by atoms with E-state index in [1.54, 1.807) is 0 Å². The molecule has 0 aliphatic heterocycles. The van der Waals surface area contributed by atoms with E-state index in [1.165, 1.54) is 72.1 Å². The summed E-state index contributed by atoms with van der Waals surface area (Å²) < 4.78 is 14.0. The number of alkyl halides is 1. The van der Waals surface area contributed by atoms with Crippen LogP contribution in [0.5, 0.6) is 0 Å². The van der Waals surface area contributed by atoms with E-state index >= 15 is 0 Å². The number of fused-ring (bicyclic) bond motifs is 5. The summed E-state index contributed by atoms with van der Waals surface area (Å²) in [5.41, 5.74) is 2.14. The maximum atomic E-state index is 14.0. The smallest absolute Gasteiger partial charge is 0.242 e. The second kappa shape index (κ2) is 13.3. The summed E-state index contributed by atoms with van der Waals surface area (Å²) >= 11 is 17.4. The summed E-state index contributed by atoms with van der Waals surface area (Å²) in [4.78, 5) is 0. The third-order valence-electron chi connectivity index (χ3n) is 6.61. The number of rotatable bonds is 9. The van der Waals surface area contributed by atoms with Gasteiger partial charge in [-0.15, -0.1) is 33.2 Å². The van der Waals surface area contributed by atoms with E-state index in [2.05, 4.69) is 49.4 Å². The van der Waals surface area contributed by atoms with Crippen molar-refractivity contribution in [2.24, 2.45) is 0 Å². The molecule has 4 rings (SSSR count). The normalized spacial score (nSPS) is 15.8. The van der Waals surface area contributed by atoms with Gasteiger partial charge in [0.2, 0.25) is 0 Å². The Hall–Kier alpha value is -0.803. The van der Waals surface area contributed by atoms with Gasteiger partial charge in [0.15, 0.2) is 0 Å². The summed E-state index contributed by atoms with van der Waals surface area (Å²) in [6.07, 6.45) is 12.3. The maximum absolute atomic E-state index is 14.0. The van der Waals surface area contributed by atoms with Gasteiger partial charge in [-0.25, -0.2) is 4.39 Å². The molecule has 1 aliphatic rings. The van der Waals surface area contributed by atoms with Crippen molar-refractivity contribution in [1.29, 1.82) is 0 Å². The minimum absolute atomic E-state index is 0.673. The molecule has 33 heavy (non-hydrogen) atoms. The molecule has 0 aromatic heterocycles. The Morgan fingerprint density at radius 2 is 1.45 bits per heavy atom. The van der Waals surface area contributed by atoms with Crippen molar-refractivity contribution in [3.8, 4) is 0 Å². The molecule has 0 N–H and O–H groups in total. The summed E-state index contributed by atoms with van der Waals surface area (Å²) in [7, 11) is 0. The summed E-state index contributed by atoms with van der Waals surface area (Å²) in [5.74, 6) is 0. The van der Waals surface area contributed by atoms with Crippen LogP contribution < -0.4 is 0 Å². The lowest BCUT2D eigenvalue weighted by Crippen LogP contribution is -2.07. The molecule has 0 saturated carbocycles. The first-order chi connectivity index (χ1) is 15.9. The molecular formula is C28H36Cl3FSi. The van der Waals surface area contributed by atoms with Gasteiger partial charge in [-0.2, -0.15) is 0 Å². The summed E-state index contributed by atoms with van der Waals surface area (Å²) in [6.45, 7) is 2.24. The fourth-order valence-electron chi connectivity index (χ4n) is 4.81. The van der Waals surface area contributed by atoms with Crippen LogP contribution in [0, 0.1) is 0 Å². The van der Waals surface area contributed by atoms with Gasteiger partial charge in [-0.1, -0.05) is 107 Å². The standard InChI is InChI=1S/C18H15F.C10H21Cl3Si/c19-18-7-3-6-14-16-9-8-12-4-1-2-5-13(12)15(16)10-11-17(14)18;1-2-3-4-5-6-7-8-9-10-14(11,12)13/h1-2,4-5,8-11,18H,3,6-7H2;2-10H2,1H3. The molecule has 3 aromatic carbocycles. The van der Waals surface area contributed by atoms with Crippen molar-refractivity contribution in [3.05, 3.63) is 59.7 Å². The molecule has 1 unspecified atom stereocenters. The van der Waals surface area contributed by atoms with Gasteiger partial charge < -0.3 is 0 Å². The summed E-state index contributed by atoms with van der Waals surface area (Å²) in [6, 6.07) is 15.3. The molecule has 0 amide bonds. The van der Waals surface area contributed by atoms with E-state index in [9.17, 15) is 4.39 Å². The lowest BCUT2D eigenvalue weighted by atomic mass is 9.85. The molecule has 0 heterocycles. The van der Waals surface area contributed by atoms with Crippen LogP contribution in [0.15, 0.2) is 48.5 Å². The van der Waals surface area contributed by atoms with Crippen LogP contribution in [0.3, 0.4) is 0 Å². The second-order valence-corrected chi connectivity index (χ2v) is 18.5. The molecule has 0 fully saturated rings. The third-order valence-corrected chi connectivity index (χ3v) is 9.23. The minimum Gasteiger partial charge on any atom is -0.242 e. The lowest BCUT2D eigenvalue weighted by Gasteiger charge is -2.21. The van der Waals surface area contributed by atoms with Gasteiger partial charge in [-0.3, -0.25) is 0 Å².